The van der Waals surface area contributed by atoms with Gasteiger partial charge in [-0.25, -0.2) is 0 Å². The summed E-state index contributed by atoms with van der Waals surface area (Å²) >= 11 is 0. The Kier molecular flexibility index (Phi) is 12.2. The summed E-state index contributed by atoms with van der Waals surface area (Å²) in [5.74, 6) is -0.680. The molecular weight excluding hydrogens is 288 g/mol. The van der Waals surface area contributed by atoms with Gasteiger partial charge in [0.1, 0.15) is 0 Å². The third-order valence-corrected chi connectivity index (χ3v) is 4.36. The molecule has 0 aromatic rings. The van der Waals surface area contributed by atoms with E-state index < -0.39 is 5.97 Å². The average Bonchev–Trinajstić information content (AvgIpc) is 2.45. The predicted octanol–water partition coefficient (Wildman–Crippen LogP) is 6.16. The lowest BCUT2D eigenvalue weighted by Gasteiger charge is -2.45. The van der Waals surface area contributed by atoms with Crippen LogP contribution in [0.15, 0.2) is 0 Å². The molecule has 3 heteroatoms. The Labute approximate surface area is 145 Å². The van der Waals surface area contributed by atoms with Crippen LogP contribution in [-0.4, -0.2) is 25.8 Å². The smallest absolute Gasteiger partial charge is 0.286 e. The maximum atomic E-state index is 6.05. The molecule has 0 aliphatic heterocycles. The summed E-state index contributed by atoms with van der Waals surface area (Å²) in [7, 11) is 0. The highest BCUT2D eigenvalue weighted by molar-refractivity contribution is 4.83. The van der Waals surface area contributed by atoms with Crippen LogP contribution in [0.3, 0.4) is 0 Å². The van der Waals surface area contributed by atoms with Gasteiger partial charge >= 0.3 is 0 Å². The molecule has 0 amide bonds. The van der Waals surface area contributed by atoms with Crippen molar-refractivity contribution in [2.75, 3.05) is 19.8 Å². The zero-order chi connectivity index (χ0) is 17.8. The predicted molar refractivity (Wildman–Crippen MR) is 98.5 cm³/mol. The van der Waals surface area contributed by atoms with Gasteiger partial charge in [0.05, 0.1) is 0 Å². The number of hydrogen-bond donors (Lipinski definition) is 0. The molecule has 0 fully saturated rings. The molecule has 0 radical (unpaired) electrons. The average molecular weight is 331 g/mol. The molecule has 0 saturated heterocycles. The van der Waals surface area contributed by atoms with E-state index in [1.54, 1.807) is 0 Å². The van der Waals surface area contributed by atoms with Crippen LogP contribution in [0.25, 0.3) is 0 Å². The van der Waals surface area contributed by atoms with Crippen LogP contribution in [0, 0.1) is 11.3 Å². The van der Waals surface area contributed by atoms with Crippen molar-refractivity contribution in [2.45, 2.75) is 99.4 Å². The first-order valence-electron chi connectivity index (χ1n) is 9.79. The van der Waals surface area contributed by atoms with Gasteiger partial charge in [-0.15, -0.1) is 0 Å². The Morgan fingerprint density at radius 2 is 1.09 bits per heavy atom. The Balaban J connectivity index is 4.92. The van der Waals surface area contributed by atoms with Crippen molar-refractivity contribution in [3.05, 3.63) is 0 Å². The lowest BCUT2D eigenvalue weighted by atomic mass is 9.75. The van der Waals surface area contributed by atoms with Crippen molar-refractivity contribution in [1.82, 2.24) is 0 Å². The molecule has 0 aliphatic rings. The van der Waals surface area contributed by atoms with Crippen LogP contribution < -0.4 is 0 Å². The molecule has 0 aliphatic carbocycles. The van der Waals surface area contributed by atoms with E-state index in [0.29, 0.717) is 19.8 Å². The molecule has 0 heterocycles. The van der Waals surface area contributed by atoms with E-state index in [4.69, 9.17) is 14.2 Å². The highest BCUT2D eigenvalue weighted by atomic mass is 16.9. The third kappa shape index (κ3) is 8.51. The molecule has 0 spiro atoms. The minimum absolute atomic E-state index is 0.0723. The summed E-state index contributed by atoms with van der Waals surface area (Å²) in [4.78, 5) is 0. The minimum Gasteiger partial charge on any atom is -0.328 e. The molecule has 3 nitrogen and oxygen atoms in total. The van der Waals surface area contributed by atoms with E-state index in [2.05, 4.69) is 27.7 Å². The second-order valence-electron chi connectivity index (χ2n) is 7.38. The highest BCUT2D eigenvalue weighted by Crippen LogP contribution is 2.42. The van der Waals surface area contributed by atoms with Gasteiger partial charge in [0, 0.05) is 25.7 Å². The summed E-state index contributed by atoms with van der Waals surface area (Å²) < 4.78 is 18.2. The van der Waals surface area contributed by atoms with Crippen LogP contribution in [0.5, 0.6) is 0 Å². The first kappa shape index (κ1) is 22.9. The summed E-state index contributed by atoms with van der Waals surface area (Å²) in [6.45, 7) is 16.9. The van der Waals surface area contributed by atoms with Crippen molar-refractivity contribution >= 4 is 0 Å². The molecule has 23 heavy (non-hydrogen) atoms. The third-order valence-electron chi connectivity index (χ3n) is 4.36. The van der Waals surface area contributed by atoms with Crippen LogP contribution in [0.1, 0.15) is 93.4 Å². The van der Waals surface area contributed by atoms with E-state index in [-0.39, 0.29) is 11.3 Å². The first-order valence-corrected chi connectivity index (χ1v) is 9.79. The Bertz CT molecular complexity index is 254. The Morgan fingerprint density at radius 3 is 1.48 bits per heavy atom. The number of ether oxygens (including phenoxy) is 3. The van der Waals surface area contributed by atoms with Gasteiger partial charge in [-0.1, -0.05) is 66.2 Å². The van der Waals surface area contributed by atoms with E-state index in [9.17, 15) is 0 Å². The SMILES string of the molecule is CCCCCCCCC(C(C)(C)C)C(OCC)(OCC)OCC. The maximum absolute atomic E-state index is 6.05. The topological polar surface area (TPSA) is 27.7 Å². The number of unbranched alkanes of at least 4 members (excludes halogenated alkanes) is 5. The maximum Gasteiger partial charge on any atom is 0.286 e. The first-order chi connectivity index (χ1) is 10.9. The van der Waals surface area contributed by atoms with Crippen molar-refractivity contribution in [3.63, 3.8) is 0 Å². The van der Waals surface area contributed by atoms with Gasteiger partial charge in [0.15, 0.2) is 0 Å². The molecule has 1 atom stereocenters. The van der Waals surface area contributed by atoms with Crippen molar-refractivity contribution in [2.24, 2.45) is 11.3 Å². The minimum atomic E-state index is -0.903. The molecular formula is C20H42O3. The second-order valence-corrected chi connectivity index (χ2v) is 7.38. The fourth-order valence-corrected chi connectivity index (χ4v) is 3.30. The zero-order valence-corrected chi connectivity index (χ0v) is 16.9. The molecule has 1 unspecified atom stereocenters. The van der Waals surface area contributed by atoms with Gasteiger partial charge < -0.3 is 14.2 Å². The van der Waals surface area contributed by atoms with Crippen LogP contribution in [-0.2, 0) is 14.2 Å². The molecule has 0 aromatic heterocycles. The zero-order valence-electron chi connectivity index (χ0n) is 16.9. The lowest BCUT2D eigenvalue weighted by Crippen LogP contribution is -2.51. The van der Waals surface area contributed by atoms with Gasteiger partial charge in [-0.05, 0) is 32.6 Å². The normalized spacial score (nSPS) is 14.2. The van der Waals surface area contributed by atoms with Crippen molar-refractivity contribution < 1.29 is 14.2 Å². The fraction of sp³-hybridized carbons (Fsp3) is 1.00. The summed E-state index contributed by atoms with van der Waals surface area (Å²) in [6, 6.07) is 0. The lowest BCUT2D eigenvalue weighted by molar-refractivity contribution is -0.413. The Morgan fingerprint density at radius 1 is 0.652 bits per heavy atom. The van der Waals surface area contributed by atoms with Crippen molar-refractivity contribution in [3.8, 4) is 0 Å². The van der Waals surface area contributed by atoms with E-state index in [1.807, 2.05) is 20.8 Å². The monoisotopic (exact) mass is 330 g/mol. The largest absolute Gasteiger partial charge is 0.328 e. The van der Waals surface area contributed by atoms with Gasteiger partial charge in [-0.3, -0.25) is 0 Å². The summed E-state index contributed by atoms with van der Waals surface area (Å²) in [5.41, 5.74) is 0.0723. The quantitative estimate of drug-likeness (QED) is 0.282. The molecule has 140 valence electrons. The molecule has 0 N–H and O–H groups in total. The summed E-state index contributed by atoms with van der Waals surface area (Å²) in [5, 5.41) is 0. The fourth-order valence-electron chi connectivity index (χ4n) is 3.30. The number of rotatable bonds is 14. The van der Waals surface area contributed by atoms with E-state index in [0.717, 1.165) is 6.42 Å². The molecule has 0 bridgehead atoms. The number of hydrogen-bond acceptors (Lipinski definition) is 3. The van der Waals surface area contributed by atoms with E-state index >= 15 is 0 Å². The van der Waals surface area contributed by atoms with E-state index in [1.165, 1.54) is 38.5 Å². The van der Waals surface area contributed by atoms with Gasteiger partial charge in [-0.2, -0.15) is 0 Å². The summed E-state index contributed by atoms with van der Waals surface area (Å²) in [6.07, 6.45) is 8.90. The second kappa shape index (κ2) is 12.3. The molecule has 0 rings (SSSR count). The van der Waals surface area contributed by atoms with Crippen LogP contribution in [0.4, 0.5) is 0 Å². The van der Waals surface area contributed by atoms with Gasteiger partial charge in [0.2, 0.25) is 0 Å². The van der Waals surface area contributed by atoms with Gasteiger partial charge in [0.25, 0.3) is 5.97 Å². The standard InChI is InChI=1S/C20H42O3/c1-8-12-13-14-15-16-17-18(19(5,6)7)20(21-9-2,22-10-3)23-11-4/h18H,8-17H2,1-7H3. The Hall–Kier alpha value is -0.120. The van der Waals surface area contributed by atoms with Crippen LogP contribution in [0.2, 0.25) is 0 Å². The highest BCUT2D eigenvalue weighted by Gasteiger charge is 2.47. The van der Waals surface area contributed by atoms with Crippen molar-refractivity contribution in [1.29, 1.82) is 0 Å². The molecule has 0 aromatic carbocycles. The molecule has 0 saturated carbocycles. The van der Waals surface area contributed by atoms with Crippen LogP contribution >= 0.6 is 0 Å².